The molecule has 3 heterocycles. The van der Waals surface area contributed by atoms with Crippen molar-refractivity contribution < 1.29 is 14.3 Å². The van der Waals surface area contributed by atoms with Gasteiger partial charge < -0.3 is 19.4 Å². The summed E-state index contributed by atoms with van der Waals surface area (Å²) < 4.78 is 7.40. The normalized spacial score (nSPS) is 12.3. The molecule has 6 heteroatoms. The van der Waals surface area contributed by atoms with E-state index < -0.39 is 6.04 Å². The maximum atomic E-state index is 12.6. The largest absolute Gasteiger partial charge is 0.467 e. The van der Waals surface area contributed by atoms with Crippen molar-refractivity contribution in [2.24, 2.45) is 0 Å². The summed E-state index contributed by atoms with van der Waals surface area (Å²) >= 11 is 1.70. The van der Waals surface area contributed by atoms with E-state index in [1.54, 1.807) is 23.5 Å². The van der Waals surface area contributed by atoms with Crippen molar-refractivity contribution in [3.63, 3.8) is 0 Å². The van der Waals surface area contributed by atoms with Gasteiger partial charge in [-0.05, 0) is 43.5 Å². The summed E-state index contributed by atoms with van der Waals surface area (Å²) in [6, 6.07) is 8.92. The van der Waals surface area contributed by atoms with Gasteiger partial charge in [0.15, 0.2) is 0 Å². The molecule has 0 radical (unpaired) electrons. The van der Waals surface area contributed by atoms with Gasteiger partial charge in [-0.2, -0.15) is 0 Å². The molecule has 2 N–H and O–H groups in total. The summed E-state index contributed by atoms with van der Waals surface area (Å²) in [6.45, 7) is 4.47. The number of thiophene rings is 1. The van der Waals surface area contributed by atoms with Gasteiger partial charge in [0.25, 0.3) is 5.91 Å². The predicted octanol–water partition coefficient (Wildman–Crippen LogP) is 3.27. The first kappa shape index (κ1) is 16.5. The molecule has 1 amide bonds. The number of hydrogen-bond acceptors (Lipinski definition) is 4. The van der Waals surface area contributed by atoms with Gasteiger partial charge >= 0.3 is 0 Å². The molecule has 3 rings (SSSR count). The van der Waals surface area contributed by atoms with Gasteiger partial charge in [-0.15, -0.1) is 11.3 Å². The van der Waals surface area contributed by atoms with Crippen molar-refractivity contribution in [1.29, 1.82) is 0 Å². The minimum Gasteiger partial charge on any atom is -0.467 e. The van der Waals surface area contributed by atoms with Crippen LogP contribution >= 0.6 is 11.3 Å². The summed E-state index contributed by atoms with van der Waals surface area (Å²) in [4.78, 5) is 13.9. The molecule has 0 aliphatic rings. The molecule has 0 spiro atoms. The lowest BCUT2D eigenvalue weighted by atomic mass is 10.2. The third-order valence-electron chi connectivity index (χ3n) is 4.09. The maximum absolute atomic E-state index is 12.6. The van der Waals surface area contributed by atoms with Crippen molar-refractivity contribution in [2.45, 2.75) is 26.4 Å². The number of furan rings is 1. The van der Waals surface area contributed by atoms with E-state index in [2.05, 4.69) is 16.0 Å². The molecule has 0 saturated carbocycles. The summed E-state index contributed by atoms with van der Waals surface area (Å²) in [6.07, 6.45) is 1.52. The first-order valence-electron chi connectivity index (χ1n) is 7.74. The lowest BCUT2D eigenvalue weighted by Gasteiger charge is -2.14. The number of nitrogens with one attached hydrogen (secondary N) is 1. The number of aliphatic hydroxyl groups is 1. The lowest BCUT2D eigenvalue weighted by molar-refractivity contribution is 0.0906. The first-order valence-corrected chi connectivity index (χ1v) is 8.62. The van der Waals surface area contributed by atoms with Crippen LogP contribution in [0.4, 0.5) is 0 Å². The average Bonchev–Trinajstić information content (AvgIpc) is 3.31. The Balaban J connectivity index is 1.80. The summed E-state index contributed by atoms with van der Waals surface area (Å²) in [7, 11) is 0. The highest BCUT2D eigenvalue weighted by molar-refractivity contribution is 7.09. The number of amides is 1. The molecular weight excluding hydrogens is 324 g/mol. The van der Waals surface area contributed by atoms with Crippen LogP contribution in [0.5, 0.6) is 0 Å². The molecular formula is C18H20N2O3S. The van der Waals surface area contributed by atoms with Gasteiger partial charge in [-0.1, -0.05) is 6.07 Å². The highest BCUT2D eigenvalue weighted by atomic mass is 32.1. The van der Waals surface area contributed by atoms with E-state index in [0.29, 0.717) is 11.3 Å². The Bertz CT molecular complexity index is 804. The predicted molar refractivity (Wildman–Crippen MR) is 93.3 cm³/mol. The van der Waals surface area contributed by atoms with Crippen molar-refractivity contribution in [3.05, 3.63) is 69.6 Å². The zero-order valence-electron chi connectivity index (χ0n) is 13.7. The molecule has 1 unspecified atom stereocenters. The molecule has 5 nitrogen and oxygen atoms in total. The van der Waals surface area contributed by atoms with E-state index in [9.17, 15) is 9.90 Å². The molecule has 0 bridgehead atoms. The Morgan fingerprint density at radius 2 is 2.21 bits per heavy atom. The van der Waals surface area contributed by atoms with Crippen LogP contribution < -0.4 is 5.32 Å². The lowest BCUT2D eigenvalue weighted by Crippen LogP contribution is -2.30. The van der Waals surface area contributed by atoms with Crippen LogP contribution in [0.25, 0.3) is 0 Å². The van der Waals surface area contributed by atoms with Crippen LogP contribution in [0.3, 0.4) is 0 Å². The van der Waals surface area contributed by atoms with Crippen LogP contribution in [0.15, 0.2) is 46.4 Å². The van der Waals surface area contributed by atoms with Crippen LogP contribution in [0, 0.1) is 13.8 Å². The highest BCUT2D eigenvalue weighted by Gasteiger charge is 2.21. The third-order valence-corrected chi connectivity index (χ3v) is 4.95. The second kappa shape index (κ2) is 7.07. The van der Waals surface area contributed by atoms with E-state index >= 15 is 0 Å². The topological polar surface area (TPSA) is 67.4 Å². The van der Waals surface area contributed by atoms with Gasteiger partial charge in [-0.3, -0.25) is 4.79 Å². The van der Waals surface area contributed by atoms with Gasteiger partial charge in [0.2, 0.25) is 0 Å². The number of nitrogens with zero attached hydrogens (tertiary/aromatic N) is 1. The number of hydrogen-bond donors (Lipinski definition) is 2. The molecule has 1 atom stereocenters. The number of carbonyl (C=O) groups is 1. The van der Waals surface area contributed by atoms with Gasteiger partial charge in [0.1, 0.15) is 11.8 Å². The van der Waals surface area contributed by atoms with Gasteiger partial charge in [0, 0.05) is 16.3 Å². The molecule has 24 heavy (non-hydrogen) atoms. The van der Waals surface area contributed by atoms with Crippen molar-refractivity contribution in [2.75, 3.05) is 6.61 Å². The molecule has 126 valence electrons. The Morgan fingerprint density at radius 1 is 1.38 bits per heavy atom. The quantitative estimate of drug-likeness (QED) is 0.721. The number of aliphatic hydroxyl groups excluding tert-OH is 1. The van der Waals surface area contributed by atoms with Crippen LogP contribution in [0.1, 0.15) is 38.4 Å². The smallest absolute Gasteiger partial charge is 0.253 e. The summed E-state index contributed by atoms with van der Waals surface area (Å²) in [5, 5.41) is 14.4. The van der Waals surface area contributed by atoms with E-state index in [1.165, 1.54) is 11.1 Å². The zero-order chi connectivity index (χ0) is 17.1. The molecule has 3 aromatic rings. The number of rotatable bonds is 6. The SMILES string of the molecule is Cc1cc(C(=O)NC(CO)c2ccco2)c(C)n1Cc1cccs1. The van der Waals surface area contributed by atoms with Crippen molar-refractivity contribution in [1.82, 2.24) is 9.88 Å². The Hall–Kier alpha value is -2.31. The molecule has 0 fully saturated rings. The summed E-state index contributed by atoms with van der Waals surface area (Å²) in [5.74, 6) is 0.328. The van der Waals surface area contributed by atoms with Gasteiger partial charge in [-0.25, -0.2) is 0 Å². The Kier molecular flexibility index (Phi) is 4.87. The van der Waals surface area contributed by atoms with Crippen LogP contribution in [-0.2, 0) is 6.54 Å². The Labute approximate surface area is 144 Å². The van der Waals surface area contributed by atoms with Crippen molar-refractivity contribution >= 4 is 17.2 Å². The minimum atomic E-state index is -0.548. The zero-order valence-corrected chi connectivity index (χ0v) is 14.5. The van der Waals surface area contributed by atoms with Crippen LogP contribution in [0.2, 0.25) is 0 Å². The fraction of sp³-hybridized carbons (Fsp3) is 0.278. The fourth-order valence-corrected chi connectivity index (χ4v) is 3.46. The maximum Gasteiger partial charge on any atom is 0.253 e. The fourth-order valence-electron chi connectivity index (χ4n) is 2.76. The molecule has 3 aromatic heterocycles. The Morgan fingerprint density at radius 3 is 2.83 bits per heavy atom. The number of aromatic nitrogens is 1. The monoisotopic (exact) mass is 344 g/mol. The second-order valence-corrected chi connectivity index (χ2v) is 6.71. The van der Waals surface area contributed by atoms with E-state index in [0.717, 1.165) is 17.9 Å². The first-order chi connectivity index (χ1) is 11.6. The van der Waals surface area contributed by atoms with E-state index in [4.69, 9.17) is 4.42 Å². The van der Waals surface area contributed by atoms with Gasteiger partial charge in [0.05, 0.1) is 25.0 Å². The summed E-state index contributed by atoms with van der Waals surface area (Å²) in [5.41, 5.74) is 2.56. The van der Waals surface area contributed by atoms with E-state index in [-0.39, 0.29) is 12.5 Å². The standard InChI is InChI=1S/C18H20N2O3S/c1-12-9-15(13(2)20(12)10-14-5-4-8-24-14)18(22)19-16(11-21)17-6-3-7-23-17/h3-9,16,21H,10-11H2,1-2H3,(H,19,22). The highest BCUT2D eigenvalue weighted by Crippen LogP contribution is 2.20. The number of carbonyl (C=O) groups excluding carboxylic acids is 1. The van der Waals surface area contributed by atoms with Crippen LogP contribution in [-0.4, -0.2) is 22.2 Å². The molecule has 0 aromatic carbocycles. The van der Waals surface area contributed by atoms with Crippen molar-refractivity contribution in [3.8, 4) is 0 Å². The number of aryl methyl sites for hydroxylation is 1. The molecule has 0 saturated heterocycles. The minimum absolute atomic E-state index is 0.212. The average molecular weight is 344 g/mol. The van der Waals surface area contributed by atoms with E-state index in [1.807, 2.05) is 31.4 Å². The second-order valence-electron chi connectivity index (χ2n) is 5.67. The molecule has 0 aliphatic carbocycles. The third kappa shape index (κ3) is 3.29. The molecule has 0 aliphatic heterocycles.